The van der Waals surface area contributed by atoms with Crippen molar-refractivity contribution in [1.29, 1.82) is 0 Å². The minimum Gasteiger partial charge on any atom is -0.493 e. The Hall–Kier alpha value is -5.91. The molecule has 6 aromatic rings. The van der Waals surface area contributed by atoms with Gasteiger partial charge in [0, 0.05) is 55.6 Å². The lowest BCUT2D eigenvalue weighted by Crippen LogP contribution is -2.18. The molecular weight excluding hydrogens is 610 g/mol. The summed E-state index contributed by atoms with van der Waals surface area (Å²) in [6.07, 6.45) is 1.58. The van der Waals surface area contributed by atoms with E-state index >= 15 is 4.39 Å². The van der Waals surface area contributed by atoms with Crippen molar-refractivity contribution in [2.45, 2.75) is 13.8 Å². The van der Waals surface area contributed by atoms with E-state index in [2.05, 4.69) is 15.3 Å². The molecule has 0 bridgehead atoms. The van der Waals surface area contributed by atoms with Gasteiger partial charge < -0.3 is 33.4 Å². The fourth-order valence-electron chi connectivity index (χ4n) is 4.89. The third-order valence-corrected chi connectivity index (χ3v) is 6.80. The Bertz CT molecular complexity index is 1950. The number of hydrogen-bond donors (Lipinski definition) is 1. The first-order valence-electron chi connectivity index (χ1n) is 14.2. The van der Waals surface area contributed by atoms with E-state index in [1.165, 1.54) is 32.4 Å². The fourth-order valence-corrected chi connectivity index (χ4v) is 4.89. The van der Waals surface area contributed by atoms with Gasteiger partial charge in [0.05, 0.1) is 18.2 Å². The molecule has 244 valence electrons. The SMILES string of the molecule is C=O.C=O.CC.CNC(=O)c1c(-c2ccc(F)cc2)oc2cc(N(C)C)c(-c3cc(F)c(OC)c(-c4nc5cccnc5o4)c3)cc12. The van der Waals surface area contributed by atoms with Crippen LogP contribution in [0.1, 0.15) is 24.2 Å². The summed E-state index contributed by atoms with van der Waals surface area (Å²) in [6, 6.07) is 15.8. The number of carbonyl (C=O) groups excluding carboxylic acids is 3. The van der Waals surface area contributed by atoms with E-state index in [0.29, 0.717) is 55.9 Å². The highest BCUT2D eigenvalue weighted by atomic mass is 19.1. The Morgan fingerprint density at radius 3 is 2.19 bits per heavy atom. The van der Waals surface area contributed by atoms with Crippen LogP contribution in [0.2, 0.25) is 0 Å². The van der Waals surface area contributed by atoms with Crippen LogP contribution < -0.4 is 15.0 Å². The summed E-state index contributed by atoms with van der Waals surface area (Å²) in [4.78, 5) is 39.6. The number of pyridine rings is 1. The number of hydrogen-bond acceptors (Lipinski definition) is 9. The van der Waals surface area contributed by atoms with Crippen molar-refractivity contribution in [2.24, 2.45) is 0 Å². The number of benzene rings is 3. The second-order valence-electron chi connectivity index (χ2n) is 9.54. The number of ether oxygens (including phenoxy) is 1. The van der Waals surface area contributed by atoms with Gasteiger partial charge in [-0.3, -0.25) is 4.79 Å². The molecule has 0 spiro atoms. The molecule has 47 heavy (non-hydrogen) atoms. The van der Waals surface area contributed by atoms with Gasteiger partial charge in [-0.05, 0) is 60.2 Å². The molecule has 0 saturated carbocycles. The average molecular weight is 645 g/mol. The molecule has 1 amide bonds. The van der Waals surface area contributed by atoms with Gasteiger partial charge in [-0.1, -0.05) is 13.8 Å². The normalized spacial score (nSPS) is 10.1. The summed E-state index contributed by atoms with van der Waals surface area (Å²) in [5, 5.41) is 3.17. The Labute approximate surface area is 270 Å². The molecule has 3 aromatic heterocycles. The van der Waals surface area contributed by atoms with Crippen LogP contribution >= 0.6 is 0 Å². The van der Waals surface area contributed by atoms with Gasteiger partial charge in [0.25, 0.3) is 5.91 Å². The van der Waals surface area contributed by atoms with Gasteiger partial charge in [0.2, 0.25) is 11.6 Å². The maximum Gasteiger partial charge on any atom is 0.255 e. The summed E-state index contributed by atoms with van der Waals surface area (Å²) in [7, 11) is 6.59. The molecule has 0 aliphatic heterocycles. The van der Waals surface area contributed by atoms with Crippen molar-refractivity contribution in [3.8, 4) is 39.7 Å². The molecule has 0 saturated heterocycles. The topological polar surface area (TPSA) is 128 Å². The Balaban J connectivity index is 0.000000947. The monoisotopic (exact) mass is 644 g/mol. The van der Waals surface area contributed by atoms with Gasteiger partial charge in [-0.2, -0.15) is 0 Å². The van der Waals surface area contributed by atoms with Crippen LogP contribution in [0.4, 0.5) is 14.5 Å². The van der Waals surface area contributed by atoms with Crippen LogP contribution in [0.3, 0.4) is 0 Å². The summed E-state index contributed by atoms with van der Waals surface area (Å²) < 4.78 is 46.6. The highest BCUT2D eigenvalue weighted by Crippen LogP contribution is 2.43. The predicted molar refractivity (Wildman–Crippen MR) is 178 cm³/mol. The van der Waals surface area contributed by atoms with Crippen LogP contribution in [-0.4, -0.2) is 57.7 Å². The van der Waals surface area contributed by atoms with Crippen LogP contribution in [0.5, 0.6) is 5.75 Å². The van der Waals surface area contributed by atoms with Gasteiger partial charge in [-0.25, -0.2) is 18.7 Å². The quantitative estimate of drug-likeness (QED) is 0.198. The minimum atomic E-state index is -0.620. The van der Waals surface area contributed by atoms with Gasteiger partial charge in [0.1, 0.15) is 36.3 Å². The summed E-state index contributed by atoms with van der Waals surface area (Å²) >= 11 is 0. The highest BCUT2D eigenvalue weighted by Gasteiger charge is 2.26. The van der Waals surface area contributed by atoms with E-state index in [0.717, 1.165) is 0 Å². The van der Waals surface area contributed by atoms with Crippen LogP contribution in [0, 0.1) is 11.6 Å². The zero-order valence-electron chi connectivity index (χ0n) is 26.8. The van der Waals surface area contributed by atoms with Crippen LogP contribution in [-0.2, 0) is 9.59 Å². The maximum absolute atomic E-state index is 15.6. The smallest absolute Gasteiger partial charge is 0.255 e. The number of methoxy groups -OCH3 is 1. The van der Waals surface area contributed by atoms with Gasteiger partial charge in [0.15, 0.2) is 11.6 Å². The number of anilines is 1. The Morgan fingerprint density at radius 2 is 1.60 bits per heavy atom. The third kappa shape index (κ3) is 7.01. The molecule has 1 N–H and O–H groups in total. The predicted octanol–water partition coefficient (Wildman–Crippen LogP) is 7.34. The fraction of sp³-hybridized carbons (Fsp3) is 0.171. The minimum absolute atomic E-state index is 0.0271. The van der Waals surface area contributed by atoms with Crippen molar-refractivity contribution in [3.63, 3.8) is 0 Å². The lowest BCUT2D eigenvalue weighted by molar-refractivity contribution is -0.0987. The van der Waals surface area contributed by atoms with Crippen LogP contribution in [0.25, 0.3) is 56.1 Å². The highest BCUT2D eigenvalue weighted by molar-refractivity contribution is 6.13. The third-order valence-electron chi connectivity index (χ3n) is 6.80. The first kappa shape index (κ1) is 35.6. The molecule has 0 atom stereocenters. The van der Waals surface area contributed by atoms with E-state index in [9.17, 15) is 9.18 Å². The number of fused-ring (bicyclic) bond motifs is 2. The van der Waals surface area contributed by atoms with Crippen molar-refractivity contribution >= 4 is 47.4 Å². The van der Waals surface area contributed by atoms with Gasteiger partial charge in [-0.15, -0.1) is 0 Å². The first-order valence-corrected chi connectivity index (χ1v) is 14.2. The Morgan fingerprint density at radius 1 is 0.915 bits per heavy atom. The van der Waals surface area contributed by atoms with Crippen LogP contribution in [0.15, 0.2) is 75.7 Å². The van der Waals surface area contributed by atoms with Gasteiger partial charge >= 0.3 is 0 Å². The number of nitrogens with zero attached hydrogens (tertiary/aromatic N) is 3. The summed E-state index contributed by atoms with van der Waals surface area (Å²) in [5.41, 5.74) is 4.21. The molecule has 0 unspecified atom stereocenters. The number of oxazole rings is 1. The van der Waals surface area contributed by atoms with Crippen molar-refractivity contribution in [3.05, 3.63) is 84.1 Å². The first-order chi connectivity index (χ1) is 22.8. The van der Waals surface area contributed by atoms with Crippen molar-refractivity contribution in [1.82, 2.24) is 15.3 Å². The molecule has 0 radical (unpaired) electrons. The number of halogens is 2. The van der Waals surface area contributed by atoms with Crippen molar-refractivity contribution in [2.75, 3.05) is 33.2 Å². The van der Waals surface area contributed by atoms with E-state index in [1.807, 2.05) is 46.4 Å². The number of rotatable bonds is 6. The molecule has 10 nitrogen and oxygen atoms in total. The molecule has 0 aliphatic carbocycles. The van der Waals surface area contributed by atoms with E-state index in [4.69, 9.17) is 23.2 Å². The summed E-state index contributed by atoms with van der Waals surface area (Å²) in [5.74, 6) is -0.993. The molecular formula is C35H34F2N4O6. The number of aromatic nitrogens is 2. The lowest BCUT2D eigenvalue weighted by atomic mass is 9.96. The second-order valence-corrected chi connectivity index (χ2v) is 9.54. The molecule has 3 heterocycles. The largest absolute Gasteiger partial charge is 0.493 e. The molecule has 0 aliphatic rings. The van der Waals surface area contributed by atoms with E-state index in [1.54, 1.807) is 48.7 Å². The molecule has 12 heteroatoms. The Kier molecular flexibility index (Phi) is 12.0. The van der Waals surface area contributed by atoms with Crippen molar-refractivity contribution < 1.29 is 36.7 Å². The molecule has 3 aromatic carbocycles. The number of furan rings is 1. The second kappa shape index (κ2) is 15.9. The van der Waals surface area contributed by atoms with E-state index in [-0.39, 0.29) is 23.1 Å². The molecule has 0 fully saturated rings. The zero-order valence-corrected chi connectivity index (χ0v) is 26.8. The number of amides is 1. The lowest BCUT2D eigenvalue weighted by Gasteiger charge is -2.19. The average Bonchev–Trinajstić information content (AvgIpc) is 3.71. The number of carbonyl (C=O) groups is 3. The number of nitrogens with one attached hydrogen (secondary N) is 1. The zero-order chi connectivity index (χ0) is 34.8. The standard InChI is InChI=1S/C31H24F2N4O4.C2H6.2CH2O/c1-34-29(38)26-20-14-19(24(37(2)3)15-25(20)40-27(26)16-7-9-18(32)10-8-16)17-12-21(28(39-4)22(33)13-17)30-36-23-6-5-11-35-31(23)41-30;3*1-2/h5-15H,1-4H3,(H,34,38);1-2H3;2*1H2. The molecule has 6 rings (SSSR count). The van der Waals surface area contributed by atoms with E-state index < -0.39 is 11.6 Å². The summed E-state index contributed by atoms with van der Waals surface area (Å²) in [6.45, 7) is 8.00. The maximum atomic E-state index is 15.6.